The number of aromatic nitrogens is 1. The predicted molar refractivity (Wildman–Crippen MR) is 115 cm³/mol. The quantitative estimate of drug-likeness (QED) is 0.431. The summed E-state index contributed by atoms with van der Waals surface area (Å²) in [7, 11) is 3.08. The zero-order chi connectivity index (χ0) is 20.4. The van der Waals surface area contributed by atoms with Crippen LogP contribution in [0.4, 0.5) is 5.69 Å². The van der Waals surface area contributed by atoms with E-state index >= 15 is 0 Å². The molecule has 0 radical (unpaired) electrons. The summed E-state index contributed by atoms with van der Waals surface area (Å²) in [5.41, 5.74) is 3.21. The number of anilines is 1. The van der Waals surface area contributed by atoms with Gasteiger partial charge in [0.25, 0.3) is 5.91 Å². The third kappa shape index (κ3) is 4.09. The first kappa shape index (κ1) is 19.0. The lowest BCUT2D eigenvalue weighted by molar-refractivity contribution is 0.102. The van der Waals surface area contributed by atoms with Crippen molar-refractivity contribution in [2.24, 2.45) is 0 Å². The second-order valence-electron chi connectivity index (χ2n) is 6.26. The summed E-state index contributed by atoms with van der Waals surface area (Å²) in [5.74, 6) is 1.33. The van der Waals surface area contributed by atoms with Crippen LogP contribution >= 0.6 is 15.9 Å². The Morgan fingerprint density at radius 2 is 1.66 bits per heavy atom. The van der Waals surface area contributed by atoms with Crippen molar-refractivity contribution < 1.29 is 18.7 Å². The number of fused-ring (bicyclic) bond motifs is 1. The van der Waals surface area contributed by atoms with E-state index in [9.17, 15) is 4.79 Å². The second kappa shape index (κ2) is 7.97. The van der Waals surface area contributed by atoms with Crippen molar-refractivity contribution in [3.8, 4) is 23.0 Å². The van der Waals surface area contributed by atoms with E-state index in [2.05, 4.69) is 26.2 Å². The molecule has 0 aliphatic rings. The van der Waals surface area contributed by atoms with Crippen molar-refractivity contribution in [3.05, 3.63) is 70.7 Å². The third-order valence-corrected chi connectivity index (χ3v) is 4.88. The van der Waals surface area contributed by atoms with E-state index in [0.29, 0.717) is 39.7 Å². The van der Waals surface area contributed by atoms with Gasteiger partial charge in [-0.15, -0.1) is 0 Å². The Balaban J connectivity index is 1.60. The molecule has 0 aliphatic carbocycles. The van der Waals surface area contributed by atoms with E-state index in [4.69, 9.17) is 13.9 Å². The topological polar surface area (TPSA) is 73.6 Å². The molecular formula is C22H17BrN2O4. The number of hydrogen-bond donors (Lipinski definition) is 1. The van der Waals surface area contributed by atoms with Gasteiger partial charge in [0.1, 0.15) is 17.0 Å². The van der Waals surface area contributed by atoms with Gasteiger partial charge in [-0.1, -0.05) is 15.9 Å². The predicted octanol–water partition coefficient (Wildman–Crippen LogP) is 5.53. The van der Waals surface area contributed by atoms with Gasteiger partial charge < -0.3 is 19.2 Å². The van der Waals surface area contributed by atoms with Crippen molar-refractivity contribution >= 4 is 38.6 Å². The summed E-state index contributed by atoms with van der Waals surface area (Å²) in [6.07, 6.45) is 0. The average Bonchev–Trinajstić information content (AvgIpc) is 3.17. The highest BCUT2D eigenvalue weighted by Crippen LogP contribution is 2.28. The first-order chi connectivity index (χ1) is 14.1. The van der Waals surface area contributed by atoms with Gasteiger partial charge in [0.2, 0.25) is 5.89 Å². The third-order valence-electron chi connectivity index (χ3n) is 4.35. The van der Waals surface area contributed by atoms with E-state index in [1.165, 1.54) is 14.2 Å². The van der Waals surface area contributed by atoms with Gasteiger partial charge >= 0.3 is 0 Å². The number of benzene rings is 3. The number of amides is 1. The SMILES string of the molecule is COc1cc(OC)cc(C(=O)Nc2ccc3oc(-c4ccc(Br)cc4)nc3c2)c1. The smallest absolute Gasteiger partial charge is 0.255 e. The van der Waals surface area contributed by atoms with Crippen LogP contribution in [0, 0.1) is 0 Å². The molecule has 146 valence electrons. The zero-order valence-corrected chi connectivity index (χ0v) is 17.3. The second-order valence-corrected chi connectivity index (χ2v) is 7.18. The van der Waals surface area contributed by atoms with Crippen LogP contribution in [0.3, 0.4) is 0 Å². The summed E-state index contributed by atoms with van der Waals surface area (Å²) in [6, 6.07) is 18.0. The fraction of sp³-hybridized carbons (Fsp3) is 0.0909. The van der Waals surface area contributed by atoms with Crippen LogP contribution in [0.5, 0.6) is 11.5 Å². The monoisotopic (exact) mass is 452 g/mol. The summed E-state index contributed by atoms with van der Waals surface area (Å²) in [5, 5.41) is 2.87. The molecule has 4 rings (SSSR count). The van der Waals surface area contributed by atoms with Crippen LogP contribution in [0.1, 0.15) is 10.4 Å². The molecule has 7 heteroatoms. The van der Waals surface area contributed by atoms with Crippen LogP contribution in [0.15, 0.2) is 69.6 Å². The number of nitrogens with zero attached hydrogens (tertiary/aromatic N) is 1. The molecular weight excluding hydrogens is 436 g/mol. The molecule has 0 saturated heterocycles. The highest BCUT2D eigenvalue weighted by atomic mass is 79.9. The first-order valence-corrected chi connectivity index (χ1v) is 9.56. The molecule has 0 atom stereocenters. The molecule has 3 aromatic carbocycles. The Bertz CT molecular complexity index is 1160. The number of hydrogen-bond acceptors (Lipinski definition) is 5. The number of rotatable bonds is 5. The molecule has 0 fully saturated rings. The van der Waals surface area contributed by atoms with Gasteiger partial charge in [-0.3, -0.25) is 4.79 Å². The van der Waals surface area contributed by atoms with Crippen LogP contribution in [-0.2, 0) is 0 Å². The lowest BCUT2D eigenvalue weighted by atomic mass is 10.1. The van der Waals surface area contributed by atoms with Gasteiger partial charge in [-0.25, -0.2) is 4.98 Å². The van der Waals surface area contributed by atoms with Crippen molar-refractivity contribution in [1.29, 1.82) is 0 Å². The van der Waals surface area contributed by atoms with Gasteiger partial charge in [-0.05, 0) is 54.6 Å². The number of ether oxygens (including phenoxy) is 2. The summed E-state index contributed by atoms with van der Waals surface area (Å²) in [4.78, 5) is 17.2. The Hall–Kier alpha value is -3.32. The Morgan fingerprint density at radius 1 is 0.966 bits per heavy atom. The van der Waals surface area contributed by atoms with Crippen LogP contribution < -0.4 is 14.8 Å². The molecule has 1 amide bonds. The minimum Gasteiger partial charge on any atom is -0.497 e. The molecule has 0 bridgehead atoms. The fourth-order valence-electron chi connectivity index (χ4n) is 2.86. The first-order valence-electron chi connectivity index (χ1n) is 8.76. The minimum atomic E-state index is -0.279. The van der Waals surface area contributed by atoms with Crippen molar-refractivity contribution in [2.45, 2.75) is 0 Å². The van der Waals surface area contributed by atoms with Crippen molar-refractivity contribution in [1.82, 2.24) is 4.98 Å². The van der Waals surface area contributed by atoms with Crippen molar-refractivity contribution in [3.63, 3.8) is 0 Å². The number of oxazole rings is 1. The fourth-order valence-corrected chi connectivity index (χ4v) is 3.13. The number of carbonyl (C=O) groups excluding carboxylic acids is 1. The lowest BCUT2D eigenvalue weighted by Gasteiger charge is -2.09. The maximum Gasteiger partial charge on any atom is 0.255 e. The van der Waals surface area contributed by atoms with Crippen LogP contribution in [-0.4, -0.2) is 25.1 Å². The van der Waals surface area contributed by atoms with Gasteiger partial charge in [0.15, 0.2) is 5.58 Å². The number of carbonyl (C=O) groups is 1. The molecule has 29 heavy (non-hydrogen) atoms. The van der Waals surface area contributed by atoms with Crippen LogP contribution in [0.2, 0.25) is 0 Å². The highest BCUT2D eigenvalue weighted by Gasteiger charge is 2.13. The molecule has 1 aromatic heterocycles. The molecule has 1 heterocycles. The van der Waals surface area contributed by atoms with Gasteiger partial charge in [0, 0.05) is 27.4 Å². The molecule has 0 unspecified atom stereocenters. The molecule has 4 aromatic rings. The molecule has 0 aliphatic heterocycles. The van der Waals surface area contributed by atoms with E-state index < -0.39 is 0 Å². The minimum absolute atomic E-state index is 0.279. The largest absolute Gasteiger partial charge is 0.497 e. The number of nitrogens with one attached hydrogen (secondary N) is 1. The lowest BCUT2D eigenvalue weighted by Crippen LogP contribution is -2.12. The molecule has 6 nitrogen and oxygen atoms in total. The van der Waals surface area contributed by atoms with Gasteiger partial charge in [-0.2, -0.15) is 0 Å². The number of halogens is 1. The van der Waals surface area contributed by atoms with E-state index in [1.54, 1.807) is 36.4 Å². The Morgan fingerprint density at radius 3 is 2.31 bits per heavy atom. The summed E-state index contributed by atoms with van der Waals surface area (Å²) in [6.45, 7) is 0. The normalized spacial score (nSPS) is 10.7. The van der Waals surface area contributed by atoms with E-state index in [1.807, 2.05) is 24.3 Å². The number of methoxy groups -OCH3 is 2. The Kier molecular flexibility index (Phi) is 5.22. The summed E-state index contributed by atoms with van der Waals surface area (Å²) < 4.78 is 17.3. The van der Waals surface area contributed by atoms with E-state index in [0.717, 1.165) is 10.0 Å². The zero-order valence-electron chi connectivity index (χ0n) is 15.7. The molecule has 0 spiro atoms. The summed E-state index contributed by atoms with van der Waals surface area (Å²) >= 11 is 3.42. The van der Waals surface area contributed by atoms with E-state index in [-0.39, 0.29) is 5.91 Å². The Labute approximate surface area is 175 Å². The molecule has 1 N–H and O–H groups in total. The maximum atomic E-state index is 12.7. The molecule has 0 saturated carbocycles. The standard InChI is InChI=1S/C22H17BrN2O4/c1-27-17-9-14(10-18(12-17)28-2)21(26)24-16-7-8-20-19(11-16)25-22(29-20)13-3-5-15(23)6-4-13/h3-12H,1-2H3,(H,24,26). The van der Waals surface area contributed by atoms with Crippen LogP contribution in [0.25, 0.3) is 22.6 Å². The maximum absolute atomic E-state index is 12.7. The highest BCUT2D eigenvalue weighted by molar-refractivity contribution is 9.10. The average molecular weight is 453 g/mol. The van der Waals surface area contributed by atoms with Crippen molar-refractivity contribution in [2.75, 3.05) is 19.5 Å². The van der Waals surface area contributed by atoms with Gasteiger partial charge in [0.05, 0.1) is 14.2 Å².